The summed E-state index contributed by atoms with van der Waals surface area (Å²) >= 11 is 1.29. The standard InChI is InChI=1S/C19H24N2O3S/c1-2-24-19(23)15(11-20)17-10-14(12-25-17)18(22)21-9-5-7-13-6-3-4-8-16(13)21/h10,12-13,15-16H,2-9H2,1H3/t13-,15?,16-/m0/s1. The van der Waals surface area contributed by atoms with Crippen molar-refractivity contribution in [1.82, 2.24) is 4.90 Å². The van der Waals surface area contributed by atoms with E-state index >= 15 is 0 Å². The minimum atomic E-state index is -0.949. The first kappa shape index (κ1) is 17.9. The molecular weight excluding hydrogens is 336 g/mol. The van der Waals surface area contributed by atoms with Gasteiger partial charge in [-0.1, -0.05) is 12.8 Å². The molecule has 1 saturated carbocycles. The molecule has 0 aromatic carbocycles. The van der Waals surface area contributed by atoms with Gasteiger partial charge < -0.3 is 9.64 Å². The number of nitrogens with zero attached hydrogens (tertiary/aromatic N) is 2. The second-order valence-electron chi connectivity index (χ2n) is 6.80. The topological polar surface area (TPSA) is 70.4 Å². The number of ether oxygens (including phenoxy) is 1. The Morgan fingerprint density at radius 1 is 1.36 bits per heavy atom. The van der Waals surface area contributed by atoms with Crippen LogP contribution in [-0.2, 0) is 9.53 Å². The van der Waals surface area contributed by atoms with Gasteiger partial charge >= 0.3 is 5.97 Å². The summed E-state index contributed by atoms with van der Waals surface area (Å²) in [6.07, 6.45) is 7.07. The molecule has 0 N–H and O–H groups in total. The largest absolute Gasteiger partial charge is 0.465 e. The third-order valence-corrected chi connectivity index (χ3v) is 6.30. The van der Waals surface area contributed by atoms with Crippen molar-refractivity contribution in [2.24, 2.45) is 5.92 Å². The maximum atomic E-state index is 13.0. The third-order valence-electron chi connectivity index (χ3n) is 5.31. The van der Waals surface area contributed by atoms with Crippen LogP contribution in [0.1, 0.15) is 66.6 Å². The fourth-order valence-electron chi connectivity index (χ4n) is 4.12. The Kier molecular flexibility index (Phi) is 5.74. The lowest BCUT2D eigenvalue weighted by Gasteiger charge is -2.44. The Balaban J connectivity index is 1.76. The Bertz CT molecular complexity index is 676. The molecule has 1 aromatic heterocycles. The molecule has 0 bridgehead atoms. The van der Waals surface area contributed by atoms with Gasteiger partial charge in [0.05, 0.1) is 18.2 Å². The first-order chi connectivity index (χ1) is 12.2. The smallest absolute Gasteiger partial charge is 0.328 e. The summed E-state index contributed by atoms with van der Waals surface area (Å²) in [5, 5.41) is 11.1. The van der Waals surface area contributed by atoms with Crippen molar-refractivity contribution in [3.05, 3.63) is 21.9 Å². The molecule has 0 spiro atoms. The zero-order chi connectivity index (χ0) is 17.8. The number of nitriles is 1. The van der Waals surface area contributed by atoms with E-state index in [1.54, 1.807) is 18.4 Å². The molecule has 25 heavy (non-hydrogen) atoms. The molecule has 134 valence electrons. The minimum absolute atomic E-state index is 0.0413. The number of hydrogen-bond acceptors (Lipinski definition) is 5. The Morgan fingerprint density at radius 3 is 2.88 bits per heavy atom. The quantitative estimate of drug-likeness (QED) is 0.768. The highest BCUT2D eigenvalue weighted by Gasteiger charge is 2.36. The first-order valence-electron chi connectivity index (χ1n) is 9.11. The van der Waals surface area contributed by atoms with E-state index in [1.807, 2.05) is 11.0 Å². The van der Waals surface area contributed by atoms with Crippen LogP contribution in [0.5, 0.6) is 0 Å². The lowest BCUT2D eigenvalue weighted by Crippen LogP contribution is -2.49. The number of carbonyl (C=O) groups excluding carboxylic acids is 2. The number of thiophene rings is 1. The molecule has 1 saturated heterocycles. The molecule has 0 radical (unpaired) electrons. The van der Waals surface area contributed by atoms with Crippen LogP contribution in [0.3, 0.4) is 0 Å². The van der Waals surface area contributed by atoms with Crippen LogP contribution in [0.25, 0.3) is 0 Å². The Morgan fingerprint density at radius 2 is 2.12 bits per heavy atom. The molecule has 1 amide bonds. The number of esters is 1. The highest BCUT2D eigenvalue weighted by Crippen LogP contribution is 2.36. The number of likely N-dealkylation sites (tertiary alicyclic amines) is 1. The van der Waals surface area contributed by atoms with Gasteiger partial charge in [-0.05, 0) is 44.6 Å². The molecule has 2 fully saturated rings. The van der Waals surface area contributed by atoms with Crippen LogP contribution < -0.4 is 0 Å². The van der Waals surface area contributed by atoms with Crippen LogP contribution in [0, 0.1) is 17.2 Å². The lowest BCUT2D eigenvalue weighted by atomic mass is 9.78. The van der Waals surface area contributed by atoms with Gasteiger partial charge in [-0.15, -0.1) is 11.3 Å². The molecule has 5 nitrogen and oxygen atoms in total. The maximum absolute atomic E-state index is 13.0. The average Bonchev–Trinajstić information content (AvgIpc) is 3.11. The van der Waals surface area contributed by atoms with Crippen LogP contribution >= 0.6 is 11.3 Å². The van der Waals surface area contributed by atoms with Crippen molar-refractivity contribution in [1.29, 1.82) is 5.26 Å². The summed E-state index contributed by atoms with van der Waals surface area (Å²) in [5.74, 6) is -0.818. The van der Waals surface area contributed by atoms with Crippen molar-refractivity contribution in [3.8, 4) is 6.07 Å². The van der Waals surface area contributed by atoms with Crippen LogP contribution in [0.15, 0.2) is 11.4 Å². The highest BCUT2D eigenvalue weighted by molar-refractivity contribution is 7.10. The van der Waals surface area contributed by atoms with E-state index in [1.165, 1.54) is 37.0 Å². The molecule has 1 aliphatic heterocycles. The number of fused-ring (bicyclic) bond motifs is 1. The van der Waals surface area contributed by atoms with Gasteiger partial charge in [0.1, 0.15) is 0 Å². The summed E-state index contributed by atoms with van der Waals surface area (Å²) < 4.78 is 4.96. The van der Waals surface area contributed by atoms with Crippen molar-refractivity contribution >= 4 is 23.2 Å². The van der Waals surface area contributed by atoms with E-state index in [9.17, 15) is 14.9 Å². The van der Waals surface area contributed by atoms with Crippen LogP contribution in [0.4, 0.5) is 0 Å². The van der Waals surface area contributed by atoms with Crippen molar-refractivity contribution in [2.45, 2.75) is 57.4 Å². The van der Waals surface area contributed by atoms with E-state index in [2.05, 4.69) is 0 Å². The summed E-state index contributed by atoms with van der Waals surface area (Å²) in [6.45, 7) is 2.77. The van der Waals surface area contributed by atoms with Crippen molar-refractivity contribution < 1.29 is 14.3 Å². The monoisotopic (exact) mass is 360 g/mol. The molecule has 3 atom stereocenters. The van der Waals surface area contributed by atoms with Gasteiger partial charge in [-0.2, -0.15) is 5.26 Å². The fourth-order valence-corrected chi connectivity index (χ4v) is 5.03. The van der Waals surface area contributed by atoms with E-state index in [0.29, 0.717) is 22.4 Å². The Hall–Kier alpha value is -1.87. The second kappa shape index (κ2) is 8.01. The summed E-state index contributed by atoms with van der Waals surface area (Å²) in [7, 11) is 0. The van der Waals surface area contributed by atoms with E-state index < -0.39 is 11.9 Å². The van der Waals surface area contributed by atoms with E-state index in [0.717, 1.165) is 19.4 Å². The third kappa shape index (κ3) is 3.72. The number of rotatable bonds is 4. The maximum Gasteiger partial charge on any atom is 0.328 e. The van der Waals surface area contributed by atoms with Crippen molar-refractivity contribution in [3.63, 3.8) is 0 Å². The lowest BCUT2D eigenvalue weighted by molar-refractivity contribution is -0.143. The minimum Gasteiger partial charge on any atom is -0.465 e. The van der Waals surface area contributed by atoms with Gasteiger partial charge in [0, 0.05) is 22.8 Å². The Labute approximate surface area is 152 Å². The average molecular weight is 360 g/mol. The van der Waals surface area contributed by atoms with Crippen molar-refractivity contribution in [2.75, 3.05) is 13.2 Å². The molecule has 6 heteroatoms. The molecule has 2 aliphatic rings. The molecule has 2 heterocycles. The first-order valence-corrected chi connectivity index (χ1v) is 9.99. The summed E-state index contributed by atoms with van der Waals surface area (Å²) in [6, 6.07) is 4.05. The molecule has 3 rings (SSSR count). The zero-order valence-corrected chi connectivity index (χ0v) is 15.4. The normalized spacial score (nSPS) is 24.1. The fraction of sp³-hybridized carbons (Fsp3) is 0.632. The molecule has 1 aliphatic carbocycles. The predicted octanol–water partition coefficient (Wildman–Crippen LogP) is 3.71. The second-order valence-corrected chi connectivity index (χ2v) is 7.75. The van der Waals surface area contributed by atoms with E-state index in [-0.39, 0.29) is 12.5 Å². The summed E-state index contributed by atoms with van der Waals surface area (Å²) in [4.78, 5) is 27.5. The number of carbonyl (C=O) groups is 2. The van der Waals surface area contributed by atoms with Crippen LogP contribution in [0.2, 0.25) is 0 Å². The van der Waals surface area contributed by atoms with Gasteiger partial charge in [0.25, 0.3) is 5.91 Å². The van der Waals surface area contributed by atoms with Gasteiger partial charge in [-0.25, -0.2) is 0 Å². The van der Waals surface area contributed by atoms with Gasteiger partial charge in [-0.3, -0.25) is 9.59 Å². The van der Waals surface area contributed by atoms with Gasteiger partial charge in [0.15, 0.2) is 5.92 Å². The summed E-state index contributed by atoms with van der Waals surface area (Å²) in [5.41, 5.74) is 0.593. The zero-order valence-electron chi connectivity index (χ0n) is 14.6. The number of amides is 1. The molecule has 1 unspecified atom stereocenters. The number of piperidine rings is 1. The number of hydrogen-bond donors (Lipinski definition) is 0. The van der Waals surface area contributed by atoms with Gasteiger partial charge in [0.2, 0.25) is 0 Å². The van der Waals surface area contributed by atoms with E-state index in [4.69, 9.17) is 4.74 Å². The highest BCUT2D eigenvalue weighted by atomic mass is 32.1. The molecular formula is C19H24N2O3S. The molecule has 1 aromatic rings. The predicted molar refractivity (Wildman–Crippen MR) is 95.3 cm³/mol. The van der Waals surface area contributed by atoms with Crippen LogP contribution in [-0.4, -0.2) is 36.0 Å². The SMILES string of the molecule is CCOC(=O)C(C#N)c1cc(C(=O)N2CCC[C@@H]3CCCC[C@@H]32)cs1.